The van der Waals surface area contributed by atoms with E-state index >= 15 is 0 Å². The zero-order valence-corrected chi connectivity index (χ0v) is 18.8. The summed E-state index contributed by atoms with van der Waals surface area (Å²) in [6.45, 7) is 0.441. The van der Waals surface area contributed by atoms with Crippen LogP contribution in [0.4, 0.5) is 0 Å². The highest BCUT2D eigenvalue weighted by Crippen LogP contribution is 2.28. The lowest BCUT2D eigenvalue weighted by Crippen LogP contribution is -2.15. The van der Waals surface area contributed by atoms with Crippen LogP contribution in [-0.4, -0.2) is 24.8 Å². The SMILES string of the molecule is COc1cc(/C=N/N=C(/C(=O)c2ccccc2)c2ccccc2)ccc1OCc1ccccc1. The molecule has 0 aliphatic heterocycles. The number of hydrogen-bond donors (Lipinski definition) is 0. The zero-order chi connectivity index (χ0) is 23.6. The minimum Gasteiger partial charge on any atom is -0.493 e. The van der Waals surface area contributed by atoms with Gasteiger partial charge < -0.3 is 9.47 Å². The van der Waals surface area contributed by atoms with E-state index < -0.39 is 0 Å². The molecule has 5 heteroatoms. The third-order valence-corrected chi connectivity index (χ3v) is 5.09. The van der Waals surface area contributed by atoms with Crippen LogP contribution >= 0.6 is 0 Å². The number of nitrogens with zero attached hydrogens (tertiary/aromatic N) is 2. The van der Waals surface area contributed by atoms with Crippen LogP contribution in [0.25, 0.3) is 0 Å². The van der Waals surface area contributed by atoms with Gasteiger partial charge in [0, 0.05) is 11.1 Å². The number of ether oxygens (including phenoxy) is 2. The molecule has 0 heterocycles. The summed E-state index contributed by atoms with van der Waals surface area (Å²) in [5, 5.41) is 8.49. The van der Waals surface area contributed by atoms with Gasteiger partial charge in [-0.25, -0.2) is 0 Å². The van der Waals surface area contributed by atoms with E-state index in [0.717, 1.165) is 11.1 Å². The molecule has 0 aliphatic carbocycles. The second-order valence-electron chi connectivity index (χ2n) is 7.44. The van der Waals surface area contributed by atoms with Crippen LogP contribution in [0.5, 0.6) is 11.5 Å². The Hall–Kier alpha value is -4.51. The maximum atomic E-state index is 13.1. The van der Waals surface area contributed by atoms with Crippen molar-refractivity contribution in [3.8, 4) is 11.5 Å². The van der Waals surface area contributed by atoms with E-state index in [1.807, 2.05) is 97.1 Å². The number of benzene rings is 4. The van der Waals surface area contributed by atoms with E-state index in [-0.39, 0.29) is 11.5 Å². The number of carbonyl (C=O) groups excluding carboxylic acids is 1. The van der Waals surface area contributed by atoms with Gasteiger partial charge in [-0.15, -0.1) is 5.10 Å². The van der Waals surface area contributed by atoms with Crippen LogP contribution < -0.4 is 9.47 Å². The molecule has 0 saturated carbocycles. The number of rotatable bonds is 9. The van der Waals surface area contributed by atoms with Crippen LogP contribution in [-0.2, 0) is 6.61 Å². The average molecular weight is 449 g/mol. The number of hydrogen-bond acceptors (Lipinski definition) is 5. The molecule has 0 aromatic heterocycles. The highest BCUT2D eigenvalue weighted by molar-refractivity contribution is 6.51. The van der Waals surface area contributed by atoms with Crippen molar-refractivity contribution in [1.82, 2.24) is 0 Å². The summed E-state index contributed by atoms with van der Waals surface area (Å²) in [5.41, 5.74) is 3.38. The van der Waals surface area contributed by atoms with E-state index in [1.165, 1.54) is 0 Å². The molecule has 0 amide bonds. The third-order valence-electron chi connectivity index (χ3n) is 5.09. The molecule has 0 N–H and O–H groups in total. The van der Waals surface area contributed by atoms with E-state index in [2.05, 4.69) is 10.2 Å². The van der Waals surface area contributed by atoms with Crippen molar-refractivity contribution in [2.24, 2.45) is 10.2 Å². The van der Waals surface area contributed by atoms with Crippen LogP contribution in [0.15, 0.2) is 119 Å². The lowest BCUT2D eigenvalue weighted by molar-refractivity contribution is 0.106. The first-order valence-corrected chi connectivity index (χ1v) is 10.9. The molecule has 0 radical (unpaired) electrons. The normalized spacial score (nSPS) is 11.4. The number of ketones is 1. The number of methoxy groups -OCH3 is 1. The van der Waals surface area contributed by atoms with Crippen molar-refractivity contribution in [3.63, 3.8) is 0 Å². The molecular formula is C29H24N2O3. The van der Waals surface area contributed by atoms with Gasteiger partial charge in [0.2, 0.25) is 5.78 Å². The summed E-state index contributed by atoms with van der Waals surface area (Å²) in [7, 11) is 1.59. The fourth-order valence-electron chi connectivity index (χ4n) is 3.33. The molecule has 0 spiro atoms. The third kappa shape index (κ3) is 5.84. The Balaban J connectivity index is 1.55. The monoisotopic (exact) mass is 448 g/mol. The van der Waals surface area contributed by atoms with Crippen LogP contribution in [0.3, 0.4) is 0 Å². The molecule has 0 atom stereocenters. The summed E-state index contributed by atoms with van der Waals surface area (Å²) < 4.78 is 11.4. The average Bonchev–Trinajstić information content (AvgIpc) is 2.91. The van der Waals surface area contributed by atoms with Gasteiger partial charge in [-0.1, -0.05) is 91.0 Å². The van der Waals surface area contributed by atoms with E-state index in [1.54, 1.807) is 25.5 Å². The summed E-state index contributed by atoms with van der Waals surface area (Å²) >= 11 is 0. The zero-order valence-electron chi connectivity index (χ0n) is 18.8. The quantitative estimate of drug-likeness (QED) is 0.180. The molecule has 168 valence electrons. The fraction of sp³-hybridized carbons (Fsp3) is 0.0690. The van der Waals surface area contributed by atoms with Crippen LogP contribution in [0, 0.1) is 0 Å². The van der Waals surface area contributed by atoms with Gasteiger partial charge in [-0.05, 0) is 29.3 Å². The van der Waals surface area contributed by atoms with Crippen LogP contribution in [0.1, 0.15) is 27.0 Å². The Bertz CT molecular complexity index is 1290. The van der Waals surface area contributed by atoms with Crippen molar-refractivity contribution in [2.45, 2.75) is 6.61 Å². The van der Waals surface area contributed by atoms with E-state index in [0.29, 0.717) is 29.2 Å². The second-order valence-corrected chi connectivity index (χ2v) is 7.44. The van der Waals surface area contributed by atoms with Gasteiger partial charge in [0.15, 0.2) is 11.5 Å². The largest absolute Gasteiger partial charge is 0.493 e. The Morgan fingerprint density at radius 1 is 0.765 bits per heavy atom. The molecule has 0 bridgehead atoms. The van der Waals surface area contributed by atoms with Crippen LogP contribution in [0.2, 0.25) is 0 Å². The maximum Gasteiger partial charge on any atom is 0.213 e. The first-order valence-electron chi connectivity index (χ1n) is 10.9. The van der Waals surface area contributed by atoms with E-state index in [9.17, 15) is 4.79 Å². The van der Waals surface area contributed by atoms with Gasteiger partial charge >= 0.3 is 0 Å². The Kier molecular flexibility index (Phi) is 7.59. The summed E-state index contributed by atoms with van der Waals surface area (Å²) in [5.74, 6) is 1.04. The van der Waals surface area contributed by atoms with Gasteiger partial charge in [-0.3, -0.25) is 4.79 Å². The lowest BCUT2D eigenvalue weighted by Gasteiger charge is -2.11. The van der Waals surface area contributed by atoms with Crippen molar-refractivity contribution in [1.29, 1.82) is 0 Å². The molecule has 5 nitrogen and oxygen atoms in total. The first kappa shape index (κ1) is 22.7. The molecule has 0 aliphatic rings. The highest BCUT2D eigenvalue weighted by atomic mass is 16.5. The smallest absolute Gasteiger partial charge is 0.213 e. The Morgan fingerprint density at radius 2 is 1.38 bits per heavy atom. The van der Waals surface area contributed by atoms with Gasteiger partial charge in [-0.2, -0.15) is 5.10 Å². The highest BCUT2D eigenvalue weighted by Gasteiger charge is 2.16. The Morgan fingerprint density at radius 3 is 2.03 bits per heavy atom. The molecule has 0 fully saturated rings. The van der Waals surface area contributed by atoms with Gasteiger partial charge in [0.05, 0.1) is 13.3 Å². The predicted molar refractivity (Wildman–Crippen MR) is 135 cm³/mol. The minimum atomic E-state index is -0.189. The van der Waals surface area contributed by atoms with Crippen molar-refractivity contribution in [2.75, 3.05) is 7.11 Å². The van der Waals surface area contributed by atoms with Crippen molar-refractivity contribution >= 4 is 17.7 Å². The minimum absolute atomic E-state index is 0.189. The van der Waals surface area contributed by atoms with Crippen molar-refractivity contribution in [3.05, 3.63) is 131 Å². The predicted octanol–water partition coefficient (Wildman–Crippen LogP) is 5.98. The number of Topliss-reactive ketones (excluding diaryl/α,β-unsaturated/α-hetero) is 1. The first-order chi connectivity index (χ1) is 16.7. The molecule has 0 unspecified atom stereocenters. The number of carbonyl (C=O) groups is 1. The molecular weight excluding hydrogens is 424 g/mol. The Labute approximate surface area is 199 Å². The van der Waals surface area contributed by atoms with Gasteiger partial charge in [0.25, 0.3) is 0 Å². The molecule has 0 saturated heterocycles. The summed E-state index contributed by atoms with van der Waals surface area (Å²) in [6.07, 6.45) is 1.59. The lowest BCUT2D eigenvalue weighted by atomic mass is 10.0. The fourth-order valence-corrected chi connectivity index (χ4v) is 3.33. The maximum absolute atomic E-state index is 13.1. The molecule has 34 heavy (non-hydrogen) atoms. The second kappa shape index (κ2) is 11.4. The molecule has 4 aromatic carbocycles. The molecule has 4 rings (SSSR count). The van der Waals surface area contributed by atoms with Gasteiger partial charge in [0.1, 0.15) is 12.3 Å². The summed E-state index contributed by atoms with van der Waals surface area (Å²) in [6, 6.07) is 33.8. The van der Waals surface area contributed by atoms with Crippen molar-refractivity contribution < 1.29 is 14.3 Å². The topological polar surface area (TPSA) is 60.2 Å². The van der Waals surface area contributed by atoms with E-state index in [4.69, 9.17) is 9.47 Å². The summed E-state index contributed by atoms with van der Waals surface area (Å²) in [4.78, 5) is 13.1. The standard InChI is InChI=1S/C29H24N2O3/c1-33-27-19-23(17-18-26(27)34-21-22-11-5-2-6-12-22)20-30-31-28(24-13-7-3-8-14-24)29(32)25-15-9-4-10-16-25/h2-20H,21H2,1H3/b30-20+,31-28+. The molecule has 4 aromatic rings.